The van der Waals surface area contributed by atoms with Crippen molar-refractivity contribution < 1.29 is 24.2 Å². The average Bonchev–Trinajstić information content (AvgIpc) is 2.59. The Morgan fingerprint density at radius 1 is 1.11 bits per heavy atom. The van der Waals surface area contributed by atoms with E-state index in [0.29, 0.717) is 29.0 Å². The lowest BCUT2D eigenvalue weighted by Crippen LogP contribution is -2.41. The number of aryl methyl sites for hydroxylation is 1. The molecule has 0 aliphatic carbocycles. The number of hydrogen-bond acceptors (Lipinski definition) is 4. The molecule has 0 bridgehead atoms. The summed E-state index contributed by atoms with van der Waals surface area (Å²) < 4.78 is 11.6. The van der Waals surface area contributed by atoms with Gasteiger partial charge in [-0.1, -0.05) is 26.8 Å². The number of benzene rings is 2. The Morgan fingerprint density at radius 3 is 2.46 bits per heavy atom. The van der Waals surface area contributed by atoms with Gasteiger partial charge in [-0.3, -0.25) is 0 Å². The third kappa shape index (κ3) is 3.88. The maximum Gasteiger partial charge on any atom is 0.343 e. The molecule has 5 nitrogen and oxygen atoms in total. The largest absolute Gasteiger partial charge is 0.488 e. The second kappa shape index (κ2) is 6.97. The molecule has 0 saturated heterocycles. The van der Waals surface area contributed by atoms with Crippen LogP contribution in [0.15, 0.2) is 36.4 Å². The van der Waals surface area contributed by atoms with Crippen LogP contribution >= 0.6 is 0 Å². The molecule has 1 heterocycles. The highest BCUT2D eigenvalue weighted by Crippen LogP contribution is 2.44. The third-order valence-electron chi connectivity index (χ3n) is 5.10. The molecule has 1 aliphatic heterocycles. The number of ether oxygens (including phenoxy) is 2. The number of carbonyl (C=O) groups excluding carboxylic acids is 1. The van der Waals surface area contributed by atoms with E-state index in [1.807, 2.05) is 26.8 Å². The highest BCUT2D eigenvalue weighted by atomic mass is 16.5. The van der Waals surface area contributed by atoms with Crippen LogP contribution in [0.5, 0.6) is 11.5 Å². The fourth-order valence-corrected chi connectivity index (χ4v) is 4.09. The molecule has 0 saturated carbocycles. The Hall–Kier alpha value is -2.82. The van der Waals surface area contributed by atoms with Crippen molar-refractivity contribution >= 4 is 11.9 Å². The normalized spacial score (nSPS) is 16.6. The van der Waals surface area contributed by atoms with Crippen LogP contribution < -0.4 is 9.47 Å². The summed E-state index contributed by atoms with van der Waals surface area (Å²) in [6.45, 7) is 10.3. The van der Waals surface area contributed by atoms with Gasteiger partial charge in [-0.05, 0) is 73.6 Å². The monoisotopic (exact) mass is 382 g/mol. The van der Waals surface area contributed by atoms with E-state index in [4.69, 9.17) is 9.47 Å². The first-order chi connectivity index (χ1) is 13.0. The fraction of sp³-hybridized carbons (Fsp3) is 0.391. The average molecular weight is 382 g/mol. The zero-order valence-corrected chi connectivity index (χ0v) is 17.0. The number of fused-ring (bicyclic) bond motifs is 1. The van der Waals surface area contributed by atoms with E-state index in [1.165, 1.54) is 12.1 Å². The highest BCUT2D eigenvalue weighted by molar-refractivity contribution is 5.92. The molecule has 0 aromatic heterocycles. The van der Waals surface area contributed by atoms with Gasteiger partial charge in [0.1, 0.15) is 17.1 Å². The SMILES string of the molecule is CCc1cc(OC(=O)c2ccc3c(c2)OC(C)(C)CC3(C)C)ccc1C(=O)O. The van der Waals surface area contributed by atoms with Gasteiger partial charge in [-0.15, -0.1) is 0 Å². The van der Waals surface area contributed by atoms with Crippen LogP contribution in [-0.4, -0.2) is 22.6 Å². The Bertz CT molecular complexity index is 940. The Kier molecular flexibility index (Phi) is 4.96. The zero-order valence-electron chi connectivity index (χ0n) is 17.0. The maximum atomic E-state index is 12.6. The second-order valence-corrected chi connectivity index (χ2v) is 8.50. The van der Waals surface area contributed by atoms with E-state index < -0.39 is 11.9 Å². The first-order valence-corrected chi connectivity index (χ1v) is 9.44. The number of carbonyl (C=O) groups is 2. The smallest absolute Gasteiger partial charge is 0.343 e. The molecule has 28 heavy (non-hydrogen) atoms. The van der Waals surface area contributed by atoms with Gasteiger partial charge in [0.2, 0.25) is 0 Å². The van der Waals surface area contributed by atoms with E-state index in [1.54, 1.807) is 18.2 Å². The molecule has 0 spiro atoms. The van der Waals surface area contributed by atoms with Crippen molar-refractivity contribution in [1.82, 2.24) is 0 Å². The number of hydrogen-bond donors (Lipinski definition) is 1. The standard InChI is InChI=1S/C23H26O5/c1-6-14-11-16(8-9-17(14)20(24)25)27-21(26)15-7-10-18-19(12-15)28-23(4,5)13-22(18,2)3/h7-12H,6,13H2,1-5H3,(H,24,25). The number of carboxylic acids is 1. The van der Waals surface area contributed by atoms with Gasteiger partial charge < -0.3 is 14.6 Å². The van der Waals surface area contributed by atoms with E-state index in [2.05, 4.69) is 13.8 Å². The van der Waals surface area contributed by atoms with Crippen LogP contribution in [0.25, 0.3) is 0 Å². The van der Waals surface area contributed by atoms with Crippen LogP contribution in [0.2, 0.25) is 0 Å². The summed E-state index contributed by atoms with van der Waals surface area (Å²) in [4.78, 5) is 23.9. The molecule has 0 unspecified atom stereocenters. The zero-order chi connectivity index (χ0) is 20.7. The van der Waals surface area contributed by atoms with Crippen LogP contribution in [0.1, 0.15) is 72.9 Å². The molecular formula is C23H26O5. The van der Waals surface area contributed by atoms with Crippen molar-refractivity contribution in [1.29, 1.82) is 0 Å². The second-order valence-electron chi connectivity index (χ2n) is 8.50. The molecule has 0 amide bonds. The topological polar surface area (TPSA) is 72.8 Å². The van der Waals surface area contributed by atoms with Gasteiger partial charge >= 0.3 is 11.9 Å². The summed E-state index contributed by atoms with van der Waals surface area (Å²) in [6.07, 6.45) is 1.41. The molecule has 0 fully saturated rings. The number of rotatable bonds is 4. The minimum atomic E-state index is -0.994. The van der Waals surface area contributed by atoms with E-state index in [0.717, 1.165) is 12.0 Å². The third-order valence-corrected chi connectivity index (χ3v) is 5.10. The summed E-state index contributed by atoms with van der Waals surface area (Å²) in [7, 11) is 0. The minimum Gasteiger partial charge on any atom is -0.488 e. The molecule has 1 N–H and O–H groups in total. The Labute approximate surface area is 165 Å². The summed E-state index contributed by atoms with van der Waals surface area (Å²) in [5, 5.41) is 9.22. The first-order valence-electron chi connectivity index (χ1n) is 9.44. The lowest BCUT2D eigenvalue weighted by molar-refractivity contribution is 0.0526. The maximum absolute atomic E-state index is 12.6. The summed E-state index contributed by atoms with van der Waals surface area (Å²) in [5.41, 5.74) is 1.93. The van der Waals surface area contributed by atoms with Crippen molar-refractivity contribution in [3.05, 3.63) is 58.7 Å². The molecule has 1 aliphatic rings. The van der Waals surface area contributed by atoms with Crippen molar-refractivity contribution in [2.75, 3.05) is 0 Å². The molecule has 2 aromatic rings. The Balaban J connectivity index is 1.87. The minimum absolute atomic E-state index is 0.0534. The van der Waals surface area contributed by atoms with Crippen molar-refractivity contribution in [2.24, 2.45) is 0 Å². The van der Waals surface area contributed by atoms with Gasteiger partial charge in [-0.2, -0.15) is 0 Å². The van der Waals surface area contributed by atoms with E-state index in [9.17, 15) is 14.7 Å². The van der Waals surface area contributed by atoms with Crippen LogP contribution in [0, 0.1) is 0 Å². The van der Waals surface area contributed by atoms with Gasteiger partial charge in [0.05, 0.1) is 11.1 Å². The molecule has 2 aromatic carbocycles. The molecule has 0 atom stereocenters. The number of esters is 1. The molecule has 5 heteroatoms. The van der Waals surface area contributed by atoms with Gasteiger partial charge in [0.15, 0.2) is 0 Å². The van der Waals surface area contributed by atoms with Crippen LogP contribution in [-0.2, 0) is 11.8 Å². The molecular weight excluding hydrogens is 356 g/mol. The van der Waals surface area contributed by atoms with Crippen LogP contribution in [0.3, 0.4) is 0 Å². The lowest BCUT2D eigenvalue weighted by atomic mass is 9.73. The highest BCUT2D eigenvalue weighted by Gasteiger charge is 2.39. The van der Waals surface area contributed by atoms with E-state index >= 15 is 0 Å². The van der Waals surface area contributed by atoms with Crippen molar-refractivity contribution in [3.8, 4) is 11.5 Å². The van der Waals surface area contributed by atoms with E-state index in [-0.39, 0.29) is 16.6 Å². The van der Waals surface area contributed by atoms with Gasteiger partial charge in [0.25, 0.3) is 0 Å². The first kappa shape index (κ1) is 19.9. The fourth-order valence-electron chi connectivity index (χ4n) is 4.09. The molecule has 3 rings (SSSR count). The molecule has 148 valence electrons. The predicted molar refractivity (Wildman–Crippen MR) is 107 cm³/mol. The van der Waals surface area contributed by atoms with Crippen molar-refractivity contribution in [2.45, 2.75) is 58.5 Å². The number of aromatic carboxylic acids is 1. The summed E-state index contributed by atoms with van der Waals surface area (Å²) in [5.74, 6) is -0.471. The summed E-state index contributed by atoms with van der Waals surface area (Å²) >= 11 is 0. The Morgan fingerprint density at radius 2 is 1.82 bits per heavy atom. The van der Waals surface area contributed by atoms with Gasteiger partial charge in [-0.25, -0.2) is 9.59 Å². The predicted octanol–water partition coefficient (Wildman–Crippen LogP) is 5.01. The van der Waals surface area contributed by atoms with Crippen molar-refractivity contribution in [3.63, 3.8) is 0 Å². The molecule has 0 radical (unpaired) electrons. The summed E-state index contributed by atoms with van der Waals surface area (Å²) in [6, 6.07) is 9.96. The van der Waals surface area contributed by atoms with Crippen LogP contribution in [0.4, 0.5) is 0 Å². The number of carboxylic acid groups (broad SMARTS) is 1. The van der Waals surface area contributed by atoms with Gasteiger partial charge in [0, 0.05) is 0 Å². The lowest BCUT2D eigenvalue weighted by Gasteiger charge is -2.42. The quantitative estimate of drug-likeness (QED) is 0.595.